The number of carbonyl (C=O) groups is 2. The predicted octanol–water partition coefficient (Wildman–Crippen LogP) is 2.82. The Bertz CT molecular complexity index is 1000. The third-order valence-corrected chi connectivity index (χ3v) is 6.67. The molecule has 0 radical (unpaired) electrons. The molecule has 0 spiro atoms. The number of pyridine rings is 1. The first-order chi connectivity index (χ1) is 15.9. The molecule has 1 saturated heterocycles. The van der Waals surface area contributed by atoms with Gasteiger partial charge >= 0.3 is 0 Å². The number of halogens is 1. The second kappa shape index (κ2) is 10.3. The van der Waals surface area contributed by atoms with Crippen molar-refractivity contribution < 1.29 is 19.1 Å². The molecule has 1 aliphatic heterocycles. The van der Waals surface area contributed by atoms with Crippen LogP contribution in [0.5, 0.6) is 5.75 Å². The van der Waals surface area contributed by atoms with Crippen LogP contribution in [0.1, 0.15) is 58.9 Å². The maximum Gasteiger partial charge on any atom is 0.251 e. The molecule has 33 heavy (non-hydrogen) atoms. The van der Waals surface area contributed by atoms with Crippen molar-refractivity contribution >= 4 is 11.8 Å². The Labute approximate surface area is 193 Å². The quantitative estimate of drug-likeness (QED) is 0.598. The van der Waals surface area contributed by atoms with Gasteiger partial charge in [-0.05, 0) is 62.4 Å². The highest BCUT2D eigenvalue weighted by atomic mass is 19.1. The minimum Gasteiger partial charge on any atom is -0.506 e. The molecule has 7 nitrogen and oxygen atoms in total. The van der Waals surface area contributed by atoms with Crippen molar-refractivity contribution in [2.24, 2.45) is 0 Å². The van der Waals surface area contributed by atoms with Crippen LogP contribution in [0.15, 0.2) is 36.4 Å². The Hall–Kier alpha value is -3.00. The van der Waals surface area contributed by atoms with E-state index in [0.717, 1.165) is 50.2 Å². The Morgan fingerprint density at radius 1 is 1.15 bits per heavy atom. The molecule has 2 aromatic rings. The van der Waals surface area contributed by atoms with Crippen LogP contribution in [-0.2, 0) is 11.5 Å². The van der Waals surface area contributed by atoms with Crippen LogP contribution in [0.25, 0.3) is 0 Å². The number of aromatic nitrogens is 1. The standard InChI is InChI=1S/C25H31FN4O3/c1-16-5-10-22(31)24(28-16)18-6-8-21(9-7-18)30-14-20(15-30)29-23(32)13-27-25(33)19-4-2-3-17(11-19)12-26/h2-5,10-11,18,20-21,31H,6-9,12-15H2,1H3,(H,27,33)(H,29,32). The van der Waals surface area contributed by atoms with Gasteiger partial charge in [0.05, 0.1) is 18.3 Å². The smallest absolute Gasteiger partial charge is 0.251 e. The van der Waals surface area contributed by atoms with E-state index in [-0.39, 0.29) is 30.2 Å². The Balaban J connectivity index is 1.16. The van der Waals surface area contributed by atoms with Crippen molar-refractivity contribution in [3.63, 3.8) is 0 Å². The molecule has 0 atom stereocenters. The Morgan fingerprint density at radius 2 is 1.91 bits per heavy atom. The zero-order valence-corrected chi connectivity index (χ0v) is 18.9. The Kier molecular flexibility index (Phi) is 7.23. The number of amides is 2. The lowest BCUT2D eigenvalue weighted by Crippen LogP contribution is -2.63. The van der Waals surface area contributed by atoms with E-state index < -0.39 is 6.67 Å². The summed E-state index contributed by atoms with van der Waals surface area (Å²) in [7, 11) is 0. The van der Waals surface area contributed by atoms with E-state index in [9.17, 15) is 19.1 Å². The first kappa shape index (κ1) is 23.2. The summed E-state index contributed by atoms with van der Waals surface area (Å²) in [5, 5.41) is 15.7. The monoisotopic (exact) mass is 454 g/mol. The number of aryl methyl sites for hydroxylation is 1. The summed E-state index contributed by atoms with van der Waals surface area (Å²) in [6.07, 6.45) is 4.10. The topological polar surface area (TPSA) is 94.6 Å². The van der Waals surface area contributed by atoms with Gasteiger partial charge < -0.3 is 15.7 Å². The molecule has 176 valence electrons. The lowest BCUT2D eigenvalue weighted by molar-refractivity contribution is -0.122. The number of alkyl halides is 1. The molecule has 1 aromatic carbocycles. The number of carbonyl (C=O) groups excluding carboxylic acids is 2. The van der Waals surface area contributed by atoms with Crippen molar-refractivity contribution in [1.82, 2.24) is 20.5 Å². The van der Waals surface area contributed by atoms with Gasteiger partial charge in [-0.2, -0.15) is 0 Å². The van der Waals surface area contributed by atoms with E-state index in [1.54, 1.807) is 24.3 Å². The molecule has 2 aliphatic rings. The van der Waals surface area contributed by atoms with Crippen LogP contribution in [0.3, 0.4) is 0 Å². The van der Waals surface area contributed by atoms with E-state index in [1.165, 1.54) is 6.07 Å². The zero-order valence-electron chi connectivity index (χ0n) is 18.9. The summed E-state index contributed by atoms with van der Waals surface area (Å²) < 4.78 is 12.8. The third kappa shape index (κ3) is 5.68. The van der Waals surface area contributed by atoms with Crippen LogP contribution in [-0.4, -0.2) is 58.5 Å². The van der Waals surface area contributed by atoms with Gasteiger partial charge in [0.1, 0.15) is 12.4 Å². The summed E-state index contributed by atoms with van der Waals surface area (Å²) in [5.74, 6) is -0.0222. The third-order valence-electron chi connectivity index (χ3n) is 6.67. The van der Waals surface area contributed by atoms with Crippen molar-refractivity contribution in [2.75, 3.05) is 19.6 Å². The molecule has 2 fully saturated rings. The number of hydrogen-bond donors (Lipinski definition) is 3. The second-order valence-corrected chi connectivity index (χ2v) is 9.10. The van der Waals surface area contributed by atoms with Gasteiger partial charge in [0.2, 0.25) is 5.91 Å². The number of nitrogens with zero attached hydrogens (tertiary/aromatic N) is 2. The average Bonchev–Trinajstić information content (AvgIpc) is 2.81. The van der Waals surface area contributed by atoms with Crippen molar-refractivity contribution in [1.29, 1.82) is 0 Å². The van der Waals surface area contributed by atoms with Crippen LogP contribution in [0, 0.1) is 6.92 Å². The fraction of sp³-hybridized carbons (Fsp3) is 0.480. The fourth-order valence-corrected chi connectivity index (χ4v) is 4.82. The Morgan fingerprint density at radius 3 is 2.64 bits per heavy atom. The van der Waals surface area contributed by atoms with Crippen molar-refractivity contribution in [3.05, 3.63) is 58.9 Å². The molecular weight excluding hydrogens is 423 g/mol. The normalized spacial score (nSPS) is 21.3. The molecule has 2 amide bonds. The number of hydrogen-bond acceptors (Lipinski definition) is 5. The molecule has 1 aromatic heterocycles. The maximum absolute atomic E-state index is 12.8. The van der Waals surface area contributed by atoms with Crippen LogP contribution < -0.4 is 10.6 Å². The SMILES string of the molecule is Cc1ccc(O)c(C2CCC(N3CC(NC(=O)CNC(=O)c4cccc(CF)c4)C3)CC2)n1. The van der Waals surface area contributed by atoms with Gasteiger partial charge in [-0.15, -0.1) is 0 Å². The number of benzene rings is 1. The highest BCUT2D eigenvalue weighted by Crippen LogP contribution is 2.38. The summed E-state index contributed by atoms with van der Waals surface area (Å²) in [6.45, 7) is 2.82. The molecule has 0 bridgehead atoms. The van der Waals surface area contributed by atoms with Gasteiger partial charge in [-0.25, -0.2) is 4.39 Å². The average molecular weight is 455 g/mol. The van der Waals surface area contributed by atoms with Crippen LogP contribution in [0.2, 0.25) is 0 Å². The summed E-state index contributed by atoms with van der Waals surface area (Å²) in [4.78, 5) is 31.3. The molecule has 3 N–H and O–H groups in total. The maximum atomic E-state index is 12.8. The molecule has 2 heterocycles. The first-order valence-corrected chi connectivity index (χ1v) is 11.6. The molecule has 8 heteroatoms. The van der Waals surface area contributed by atoms with Gasteiger partial charge in [0, 0.05) is 36.3 Å². The van der Waals surface area contributed by atoms with E-state index in [4.69, 9.17) is 0 Å². The molecule has 0 unspecified atom stereocenters. The van der Waals surface area contributed by atoms with E-state index in [1.807, 2.05) is 13.0 Å². The highest BCUT2D eigenvalue weighted by molar-refractivity contribution is 5.96. The van der Waals surface area contributed by atoms with Crippen LogP contribution >= 0.6 is 0 Å². The van der Waals surface area contributed by atoms with Gasteiger partial charge in [0.25, 0.3) is 5.91 Å². The lowest BCUT2D eigenvalue weighted by atomic mass is 9.82. The first-order valence-electron chi connectivity index (χ1n) is 11.6. The highest BCUT2D eigenvalue weighted by Gasteiger charge is 2.36. The van der Waals surface area contributed by atoms with Crippen molar-refractivity contribution in [3.8, 4) is 5.75 Å². The number of likely N-dealkylation sites (tertiary alicyclic amines) is 1. The summed E-state index contributed by atoms with van der Waals surface area (Å²) in [5.41, 5.74) is 2.52. The fourth-order valence-electron chi connectivity index (χ4n) is 4.82. The van der Waals surface area contributed by atoms with Gasteiger partial charge in [-0.1, -0.05) is 12.1 Å². The van der Waals surface area contributed by atoms with Gasteiger partial charge in [0.15, 0.2) is 0 Å². The van der Waals surface area contributed by atoms with E-state index in [2.05, 4.69) is 20.5 Å². The number of rotatable bonds is 7. The minimum atomic E-state index is -0.632. The minimum absolute atomic E-state index is 0.0875. The van der Waals surface area contributed by atoms with Crippen molar-refractivity contribution in [2.45, 2.75) is 57.3 Å². The summed E-state index contributed by atoms with van der Waals surface area (Å²) in [6, 6.07) is 10.5. The molecule has 1 saturated carbocycles. The second-order valence-electron chi connectivity index (χ2n) is 9.10. The van der Waals surface area contributed by atoms with E-state index >= 15 is 0 Å². The number of nitrogens with one attached hydrogen (secondary N) is 2. The summed E-state index contributed by atoms with van der Waals surface area (Å²) >= 11 is 0. The molecular formula is C25H31FN4O3. The molecule has 4 rings (SSSR count). The number of aromatic hydroxyl groups is 1. The molecule has 1 aliphatic carbocycles. The van der Waals surface area contributed by atoms with Crippen LogP contribution in [0.4, 0.5) is 4.39 Å². The van der Waals surface area contributed by atoms with E-state index in [0.29, 0.717) is 23.1 Å². The zero-order chi connectivity index (χ0) is 23.4. The predicted molar refractivity (Wildman–Crippen MR) is 123 cm³/mol. The van der Waals surface area contributed by atoms with Gasteiger partial charge in [-0.3, -0.25) is 19.5 Å². The largest absolute Gasteiger partial charge is 0.506 e. The lowest BCUT2D eigenvalue weighted by Gasteiger charge is -2.46.